The predicted octanol–water partition coefficient (Wildman–Crippen LogP) is 1.24. The lowest BCUT2D eigenvalue weighted by Gasteiger charge is -2.11. The van der Waals surface area contributed by atoms with Gasteiger partial charge in [0.2, 0.25) is 0 Å². The van der Waals surface area contributed by atoms with Gasteiger partial charge in [0.1, 0.15) is 0 Å². The van der Waals surface area contributed by atoms with Gasteiger partial charge in [-0.25, -0.2) is 0 Å². The van der Waals surface area contributed by atoms with E-state index in [4.69, 9.17) is 10.8 Å². The summed E-state index contributed by atoms with van der Waals surface area (Å²) in [7, 11) is 0. The van der Waals surface area contributed by atoms with Crippen LogP contribution < -0.4 is 11.1 Å². The Morgan fingerprint density at radius 3 is 2.72 bits per heavy atom. The van der Waals surface area contributed by atoms with Crippen LogP contribution in [0.3, 0.4) is 0 Å². The number of aryl methyl sites for hydroxylation is 2. The highest BCUT2D eigenvalue weighted by Gasteiger charge is 2.06. The molecule has 0 heterocycles. The predicted molar refractivity (Wildman–Crippen MR) is 72.7 cm³/mol. The number of nitrogens with two attached hydrogens (primary N) is 1. The third-order valence-corrected chi connectivity index (χ3v) is 3.01. The van der Waals surface area contributed by atoms with Crippen molar-refractivity contribution in [2.75, 3.05) is 13.1 Å². The normalized spacial score (nSPS) is 12.4. The van der Waals surface area contributed by atoms with Crippen molar-refractivity contribution in [1.82, 2.24) is 5.32 Å². The highest BCUT2D eigenvalue weighted by atomic mass is 16.4. The van der Waals surface area contributed by atoms with E-state index in [1.54, 1.807) is 0 Å². The highest BCUT2D eigenvalue weighted by molar-refractivity contribution is 5.67. The molecule has 4 heteroatoms. The van der Waals surface area contributed by atoms with Crippen molar-refractivity contribution in [3.8, 4) is 0 Å². The van der Waals surface area contributed by atoms with E-state index in [0.29, 0.717) is 6.54 Å². The van der Waals surface area contributed by atoms with E-state index in [2.05, 4.69) is 37.4 Å². The fourth-order valence-electron chi connectivity index (χ4n) is 1.78. The number of carboxylic acid groups (broad SMARTS) is 1. The van der Waals surface area contributed by atoms with E-state index in [0.717, 1.165) is 13.0 Å². The number of aliphatic carboxylic acids is 1. The van der Waals surface area contributed by atoms with Crippen LogP contribution in [-0.4, -0.2) is 30.2 Å². The molecule has 4 N–H and O–H groups in total. The molecule has 1 atom stereocenters. The third-order valence-electron chi connectivity index (χ3n) is 3.01. The number of rotatable bonds is 7. The molecule has 0 aromatic heterocycles. The summed E-state index contributed by atoms with van der Waals surface area (Å²) in [5, 5.41) is 11.8. The van der Waals surface area contributed by atoms with Crippen LogP contribution in [0.4, 0.5) is 0 Å². The zero-order chi connectivity index (χ0) is 13.5. The molecule has 0 saturated carbocycles. The van der Waals surface area contributed by atoms with E-state index >= 15 is 0 Å². The topological polar surface area (TPSA) is 75.3 Å². The van der Waals surface area contributed by atoms with Crippen molar-refractivity contribution in [2.45, 2.75) is 32.7 Å². The van der Waals surface area contributed by atoms with Crippen LogP contribution in [-0.2, 0) is 11.2 Å². The standard InChI is InChI=1S/C14H22N2O2/c1-10-3-4-12(7-11(10)2)5-6-16-9-13(15)8-14(17)18/h3-4,7,13,16H,5-6,8-9,15H2,1-2H3,(H,17,18). The average Bonchev–Trinajstić information content (AvgIpc) is 2.28. The monoisotopic (exact) mass is 250 g/mol. The number of hydrogen-bond donors (Lipinski definition) is 3. The van der Waals surface area contributed by atoms with Gasteiger partial charge in [-0.3, -0.25) is 4.79 Å². The van der Waals surface area contributed by atoms with Crippen molar-refractivity contribution in [2.24, 2.45) is 5.73 Å². The van der Waals surface area contributed by atoms with Crippen molar-refractivity contribution in [1.29, 1.82) is 0 Å². The van der Waals surface area contributed by atoms with Crippen LogP contribution in [0.25, 0.3) is 0 Å². The van der Waals surface area contributed by atoms with Crippen LogP contribution in [0.15, 0.2) is 18.2 Å². The second-order valence-corrected chi connectivity index (χ2v) is 4.73. The SMILES string of the molecule is Cc1ccc(CCNCC(N)CC(=O)O)cc1C. The fraction of sp³-hybridized carbons (Fsp3) is 0.500. The lowest BCUT2D eigenvalue weighted by molar-refractivity contribution is -0.137. The van der Waals surface area contributed by atoms with Crippen LogP contribution in [0, 0.1) is 13.8 Å². The van der Waals surface area contributed by atoms with Gasteiger partial charge in [-0.2, -0.15) is 0 Å². The minimum atomic E-state index is -0.849. The molecule has 0 spiro atoms. The molecule has 0 fully saturated rings. The van der Waals surface area contributed by atoms with Crippen molar-refractivity contribution in [3.63, 3.8) is 0 Å². The minimum absolute atomic E-state index is 0.0106. The number of hydrogen-bond acceptors (Lipinski definition) is 3. The highest BCUT2D eigenvalue weighted by Crippen LogP contribution is 2.09. The molecule has 0 saturated heterocycles. The molecule has 0 aliphatic heterocycles. The zero-order valence-corrected chi connectivity index (χ0v) is 11.1. The minimum Gasteiger partial charge on any atom is -0.481 e. The van der Waals surface area contributed by atoms with Crippen molar-refractivity contribution >= 4 is 5.97 Å². The Bertz CT molecular complexity index is 405. The Morgan fingerprint density at radius 1 is 1.39 bits per heavy atom. The van der Waals surface area contributed by atoms with Gasteiger partial charge in [0.25, 0.3) is 0 Å². The van der Waals surface area contributed by atoms with Crippen molar-refractivity contribution in [3.05, 3.63) is 34.9 Å². The quantitative estimate of drug-likeness (QED) is 0.636. The summed E-state index contributed by atoms with van der Waals surface area (Å²) in [6, 6.07) is 6.12. The molecule has 0 aliphatic rings. The van der Waals surface area contributed by atoms with Gasteiger partial charge < -0.3 is 16.2 Å². The maximum Gasteiger partial charge on any atom is 0.304 e. The summed E-state index contributed by atoms with van der Waals surface area (Å²) >= 11 is 0. The lowest BCUT2D eigenvalue weighted by Crippen LogP contribution is -2.36. The molecule has 0 bridgehead atoms. The molecule has 0 radical (unpaired) electrons. The zero-order valence-electron chi connectivity index (χ0n) is 11.1. The van der Waals surface area contributed by atoms with E-state index in [-0.39, 0.29) is 12.5 Å². The van der Waals surface area contributed by atoms with Crippen LogP contribution in [0.1, 0.15) is 23.1 Å². The number of carbonyl (C=O) groups is 1. The Hall–Kier alpha value is -1.39. The molecule has 1 unspecified atom stereocenters. The van der Waals surface area contributed by atoms with Gasteiger partial charge in [-0.1, -0.05) is 18.2 Å². The Balaban J connectivity index is 2.25. The third kappa shape index (κ3) is 5.29. The molecule has 100 valence electrons. The van der Waals surface area contributed by atoms with Gasteiger partial charge in [0, 0.05) is 12.6 Å². The first-order chi connectivity index (χ1) is 8.49. The first-order valence-electron chi connectivity index (χ1n) is 6.23. The molecule has 18 heavy (non-hydrogen) atoms. The molecule has 1 rings (SSSR count). The molecular formula is C14H22N2O2. The van der Waals surface area contributed by atoms with E-state index in [1.165, 1.54) is 16.7 Å². The molecule has 1 aromatic carbocycles. The Kier molecular flexibility index (Phi) is 5.82. The second-order valence-electron chi connectivity index (χ2n) is 4.73. The van der Waals surface area contributed by atoms with Gasteiger partial charge in [0.15, 0.2) is 0 Å². The Labute approximate surface area is 108 Å². The summed E-state index contributed by atoms with van der Waals surface area (Å²) in [6.07, 6.45) is 0.942. The van der Waals surface area contributed by atoms with Crippen LogP contribution in [0.2, 0.25) is 0 Å². The van der Waals surface area contributed by atoms with E-state index < -0.39 is 5.97 Å². The summed E-state index contributed by atoms with van der Waals surface area (Å²) < 4.78 is 0. The van der Waals surface area contributed by atoms with E-state index in [1.807, 2.05) is 0 Å². The number of nitrogens with one attached hydrogen (secondary N) is 1. The Morgan fingerprint density at radius 2 is 2.11 bits per heavy atom. The van der Waals surface area contributed by atoms with Gasteiger partial charge >= 0.3 is 5.97 Å². The summed E-state index contributed by atoms with van der Waals surface area (Å²) in [4.78, 5) is 10.4. The molecule has 0 amide bonds. The number of carboxylic acids is 1. The average molecular weight is 250 g/mol. The molecule has 4 nitrogen and oxygen atoms in total. The maximum absolute atomic E-state index is 10.4. The van der Waals surface area contributed by atoms with E-state index in [9.17, 15) is 4.79 Å². The van der Waals surface area contributed by atoms with Crippen molar-refractivity contribution < 1.29 is 9.90 Å². The number of benzene rings is 1. The van der Waals surface area contributed by atoms with Crippen LogP contribution in [0.5, 0.6) is 0 Å². The van der Waals surface area contributed by atoms with Gasteiger partial charge in [-0.05, 0) is 43.5 Å². The first kappa shape index (κ1) is 14.7. The first-order valence-corrected chi connectivity index (χ1v) is 6.23. The molecular weight excluding hydrogens is 228 g/mol. The second kappa shape index (κ2) is 7.13. The maximum atomic E-state index is 10.4. The summed E-state index contributed by atoms with van der Waals surface area (Å²) in [5.41, 5.74) is 9.55. The summed E-state index contributed by atoms with van der Waals surface area (Å²) in [6.45, 7) is 5.56. The van der Waals surface area contributed by atoms with Crippen LogP contribution >= 0.6 is 0 Å². The van der Waals surface area contributed by atoms with Gasteiger partial charge in [-0.15, -0.1) is 0 Å². The van der Waals surface area contributed by atoms with Gasteiger partial charge in [0.05, 0.1) is 6.42 Å². The largest absolute Gasteiger partial charge is 0.481 e. The molecule has 0 aliphatic carbocycles. The lowest BCUT2D eigenvalue weighted by atomic mass is 10.0. The fourth-order valence-corrected chi connectivity index (χ4v) is 1.78. The smallest absolute Gasteiger partial charge is 0.304 e. The summed E-state index contributed by atoms with van der Waals surface area (Å²) in [5.74, 6) is -0.849. The molecule has 1 aromatic rings.